The SMILES string of the molecule is CCCCCCCCCCCCNc1ncc2cc(Oc3ccccc3F)c(=O)n(C)c2n1. The van der Waals surface area contributed by atoms with Crippen LogP contribution in [0.5, 0.6) is 11.5 Å². The molecule has 0 aliphatic heterocycles. The summed E-state index contributed by atoms with van der Waals surface area (Å²) in [5.74, 6) is 0.00744. The van der Waals surface area contributed by atoms with Crippen molar-refractivity contribution in [2.24, 2.45) is 7.05 Å². The van der Waals surface area contributed by atoms with Crippen molar-refractivity contribution in [1.82, 2.24) is 14.5 Å². The van der Waals surface area contributed by atoms with Gasteiger partial charge in [-0.05, 0) is 24.6 Å². The quantitative estimate of drug-likeness (QED) is 0.278. The Morgan fingerprint density at radius 3 is 2.33 bits per heavy atom. The lowest BCUT2D eigenvalue weighted by Crippen LogP contribution is -2.20. The third kappa shape index (κ3) is 7.27. The molecular formula is C26H35FN4O2. The zero-order valence-corrected chi connectivity index (χ0v) is 19.8. The fraction of sp³-hybridized carbons (Fsp3) is 0.500. The van der Waals surface area contributed by atoms with Crippen molar-refractivity contribution in [2.45, 2.75) is 71.1 Å². The van der Waals surface area contributed by atoms with Crippen molar-refractivity contribution in [2.75, 3.05) is 11.9 Å². The van der Waals surface area contributed by atoms with E-state index in [1.54, 1.807) is 31.4 Å². The Morgan fingerprint density at radius 2 is 1.64 bits per heavy atom. The lowest BCUT2D eigenvalue weighted by atomic mass is 10.1. The summed E-state index contributed by atoms with van der Waals surface area (Å²) in [6.45, 7) is 3.05. The predicted molar refractivity (Wildman–Crippen MR) is 132 cm³/mol. The van der Waals surface area contributed by atoms with E-state index in [4.69, 9.17) is 4.74 Å². The van der Waals surface area contributed by atoms with E-state index < -0.39 is 5.82 Å². The van der Waals surface area contributed by atoms with E-state index in [9.17, 15) is 9.18 Å². The normalized spacial score (nSPS) is 11.1. The molecule has 3 aromatic rings. The molecular weight excluding hydrogens is 419 g/mol. The first-order chi connectivity index (χ1) is 16.1. The molecule has 0 unspecified atom stereocenters. The number of fused-ring (bicyclic) bond motifs is 1. The monoisotopic (exact) mass is 454 g/mol. The van der Waals surface area contributed by atoms with Gasteiger partial charge in [-0.3, -0.25) is 9.36 Å². The number of halogens is 1. The van der Waals surface area contributed by atoms with Crippen LogP contribution in [-0.4, -0.2) is 21.1 Å². The number of anilines is 1. The van der Waals surface area contributed by atoms with E-state index in [2.05, 4.69) is 22.2 Å². The maximum atomic E-state index is 13.9. The van der Waals surface area contributed by atoms with E-state index in [1.807, 2.05) is 0 Å². The first-order valence-electron chi connectivity index (χ1n) is 12.1. The number of ether oxygens (including phenoxy) is 1. The topological polar surface area (TPSA) is 69.0 Å². The summed E-state index contributed by atoms with van der Waals surface area (Å²) in [5, 5.41) is 3.90. The molecule has 6 nitrogen and oxygen atoms in total. The van der Waals surface area contributed by atoms with Crippen LogP contribution in [0.1, 0.15) is 71.1 Å². The average molecular weight is 455 g/mol. The first kappa shape index (κ1) is 24.7. The Hall–Kier alpha value is -2.96. The highest BCUT2D eigenvalue weighted by atomic mass is 19.1. The highest BCUT2D eigenvalue weighted by Crippen LogP contribution is 2.24. The summed E-state index contributed by atoms with van der Waals surface area (Å²) >= 11 is 0. The second-order valence-corrected chi connectivity index (χ2v) is 8.49. The van der Waals surface area contributed by atoms with Crippen LogP contribution in [0.3, 0.4) is 0 Å². The number of aromatic nitrogens is 3. The van der Waals surface area contributed by atoms with Crippen LogP contribution in [-0.2, 0) is 7.05 Å². The molecule has 0 radical (unpaired) electrons. The zero-order chi connectivity index (χ0) is 23.5. The van der Waals surface area contributed by atoms with Gasteiger partial charge in [0.25, 0.3) is 5.56 Å². The number of hydrogen-bond acceptors (Lipinski definition) is 5. The molecule has 1 aromatic carbocycles. The molecule has 2 aromatic heterocycles. The van der Waals surface area contributed by atoms with Gasteiger partial charge in [0.2, 0.25) is 5.95 Å². The van der Waals surface area contributed by atoms with Crippen molar-refractivity contribution in [3.05, 3.63) is 52.7 Å². The van der Waals surface area contributed by atoms with Crippen molar-refractivity contribution < 1.29 is 9.13 Å². The van der Waals surface area contributed by atoms with Gasteiger partial charge in [-0.15, -0.1) is 0 Å². The van der Waals surface area contributed by atoms with Gasteiger partial charge < -0.3 is 10.1 Å². The van der Waals surface area contributed by atoms with Gasteiger partial charge in [0.1, 0.15) is 5.65 Å². The van der Waals surface area contributed by atoms with Gasteiger partial charge in [0.15, 0.2) is 17.3 Å². The van der Waals surface area contributed by atoms with Crippen molar-refractivity contribution >= 4 is 17.0 Å². The Bertz CT molecular complexity index is 1080. The second-order valence-electron chi connectivity index (χ2n) is 8.49. The molecule has 0 bridgehead atoms. The lowest BCUT2D eigenvalue weighted by molar-refractivity contribution is 0.434. The Morgan fingerprint density at radius 1 is 0.970 bits per heavy atom. The Balaban J connectivity index is 1.49. The summed E-state index contributed by atoms with van der Waals surface area (Å²) in [5.41, 5.74) is 0.117. The van der Waals surface area contributed by atoms with Crippen LogP contribution in [0.25, 0.3) is 11.0 Å². The van der Waals surface area contributed by atoms with Crippen LogP contribution >= 0.6 is 0 Å². The van der Waals surface area contributed by atoms with Crippen LogP contribution in [0.15, 0.2) is 41.3 Å². The summed E-state index contributed by atoms with van der Waals surface area (Å²) in [4.78, 5) is 21.6. The molecule has 7 heteroatoms. The number of aryl methyl sites for hydroxylation is 1. The molecule has 2 heterocycles. The maximum absolute atomic E-state index is 13.9. The van der Waals surface area contributed by atoms with Gasteiger partial charge in [0.05, 0.1) is 0 Å². The highest BCUT2D eigenvalue weighted by Gasteiger charge is 2.13. The molecule has 0 atom stereocenters. The van der Waals surface area contributed by atoms with E-state index in [0.29, 0.717) is 17.0 Å². The summed E-state index contributed by atoms with van der Waals surface area (Å²) in [6.07, 6.45) is 14.6. The minimum Gasteiger partial charge on any atom is -0.448 e. The molecule has 3 rings (SSSR count). The first-order valence-corrected chi connectivity index (χ1v) is 12.1. The largest absolute Gasteiger partial charge is 0.448 e. The number of para-hydroxylation sites is 1. The Labute approximate surface area is 195 Å². The van der Waals surface area contributed by atoms with E-state index in [1.165, 1.54) is 74.5 Å². The number of rotatable bonds is 14. The molecule has 0 spiro atoms. The second kappa shape index (κ2) is 12.9. The fourth-order valence-electron chi connectivity index (χ4n) is 3.83. The lowest BCUT2D eigenvalue weighted by Gasteiger charge is -2.11. The van der Waals surface area contributed by atoms with Crippen LogP contribution in [0, 0.1) is 5.82 Å². The smallest absolute Gasteiger partial charge is 0.294 e. The van der Waals surface area contributed by atoms with Gasteiger partial charge in [-0.25, -0.2) is 9.37 Å². The zero-order valence-electron chi connectivity index (χ0n) is 19.8. The molecule has 0 aliphatic rings. The minimum absolute atomic E-state index is 0.00430. The van der Waals surface area contributed by atoms with E-state index in [0.717, 1.165) is 13.0 Å². The fourth-order valence-corrected chi connectivity index (χ4v) is 3.83. The third-order valence-electron chi connectivity index (χ3n) is 5.79. The molecule has 0 amide bonds. The van der Waals surface area contributed by atoms with Gasteiger partial charge >= 0.3 is 0 Å². The average Bonchev–Trinajstić information content (AvgIpc) is 2.82. The van der Waals surface area contributed by atoms with Crippen LogP contribution in [0.2, 0.25) is 0 Å². The molecule has 1 N–H and O–H groups in total. The standard InChI is InChI=1S/C26H35FN4O2/c1-3-4-5-6-7-8-9-10-11-14-17-28-26-29-19-20-18-23(25(32)31(2)24(20)30-26)33-22-16-13-12-15-21(22)27/h12-13,15-16,18-19H,3-11,14,17H2,1-2H3,(H,28,29,30). The predicted octanol–water partition coefficient (Wildman–Crippen LogP) is 6.59. The third-order valence-corrected chi connectivity index (χ3v) is 5.79. The number of nitrogens with zero attached hydrogens (tertiary/aromatic N) is 3. The molecule has 33 heavy (non-hydrogen) atoms. The van der Waals surface area contributed by atoms with E-state index in [-0.39, 0.29) is 17.1 Å². The highest BCUT2D eigenvalue weighted by molar-refractivity contribution is 5.76. The molecule has 0 saturated carbocycles. The molecule has 0 aliphatic carbocycles. The van der Waals surface area contributed by atoms with Crippen LogP contribution in [0.4, 0.5) is 10.3 Å². The van der Waals surface area contributed by atoms with E-state index >= 15 is 0 Å². The summed E-state index contributed by atoms with van der Waals surface area (Å²) < 4.78 is 20.8. The summed E-state index contributed by atoms with van der Waals surface area (Å²) in [6, 6.07) is 7.54. The number of nitrogens with one attached hydrogen (secondary N) is 1. The number of benzene rings is 1. The van der Waals surface area contributed by atoms with Crippen molar-refractivity contribution in [3.8, 4) is 11.5 Å². The molecule has 0 saturated heterocycles. The number of hydrogen-bond donors (Lipinski definition) is 1. The maximum Gasteiger partial charge on any atom is 0.294 e. The minimum atomic E-state index is -0.526. The molecule has 178 valence electrons. The Kier molecular flexibility index (Phi) is 9.66. The summed E-state index contributed by atoms with van der Waals surface area (Å²) in [7, 11) is 1.62. The van der Waals surface area contributed by atoms with Crippen molar-refractivity contribution in [3.63, 3.8) is 0 Å². The van der Waals surface area contributed by atoms with Gasteiger partial charge in [0, 0.05) is 25.2 Å². The van der Waals surface area contributed by atoms with Gasteiger partial charge in [-0.1, -0.05) is 76.8 Å². The van der Waals surface area contributed by atoms with Gasteiger partial charge in [-0.2, -0.15) is 4.98 Å². The number of pyridine rings is 1. The van der Waals surface area contributed by atoms with Crippen molar-refractivity contribution in [1.29, 1.82) is 0 Å². The van der Waals surface area contributed by atoms with Crippen LogP contribution < -0.4 is 15.6 Å². The molecule has 0 fully saturated rings. The number of unbranched alkanes of at least 4 members (excludes halogenated alkanes) is 9.